The van der Waals surface area contributed by atoms with Gasteiger partial charge in [-0.05, 0) is 23.3 Å². The molecule has 0 saturated heterocycles. The second-order valence-corrected chi connectivity index (χ2v) is 7.23. The summed E-state index contributed by atoms with van der Waals surface area (Å²) in [5.41, 5.74) is 2.37. The first-order chi connectivity index (χ1) is 13.0. The molecule has 0 spiro atoms. The summed E-state index contributed by atoms with van der Waals surface area (Å²) in [5.74, 6) is 0. The highest BCUT2D eigenvalue weighted by molar-refractivity contribution is 7.17. The summed E-state index contributed by atoms with van der Waals surface area (Å²) in [4.78, 5) is 28.4. The number of hydrogen-bond donors (Lipinski definition) is 0. The van der Waals surface area contributed by atoms with Crippen molar-refractivity contribution in [3.63, 3.8) is 0 Å². The van der Waals surface area contributed by atoms with E-state index in [9.17, 15) is 14.9 Å². The predicted molar refractivity (Wildman–Crippen MR) is 107 cm³/mol. The van der Waals surface area contributed by atoms with Gasteiger partial charge in [0.05, 0.1) is 23.2 Å². The van der Waals surface area contributed by atoms with Crippen LogP contribution in [0.25, 0.3) is 21.3 Å². The molecule has 27 heavy (non-hydrogen) atoms. The molecule has 0 aliphatic rings. The molecule has 4 aromatic rings. The van der Waals surface area contributed by atoms with Crippen molar-refractivity contribution in [3.05, 3.63) is 91.3 Å². The molecule has 0 saturated carbocycles. The third-order valence-corrected chi connectivity index (χ3v) is 5.35. The van der Waals surface area contributed by atoms with Crippen LogP contribution in [0.4, 0.5) is 5.69 Å². The van der Waals surface area contributed by atoms with Crippen LogP contribution >= 0.6 is 22.9 Å². The molecule has 6 nitrogen and oxygen atoms in total. The Balaban J connectivity index is 1.75. The van der Waals surface area contributed by atoms with Gasteiger partial charge in [0.2, 0.25) is 0 Å². The number of thiophene rings is 1. The maximum atomic E-state index is 13.0. The Hall–Kier alpha value is -3.03. The van der Waals surface area contributed by atoms with E-state index >= 15 is 0 Å². The van der Waals surface area contributed by atoms with Crippen molar-refractivity contribution in [1.29, 1.82) is 0 Å². The van der Waals surface area contributed by atoms with Crippen molar-refractivity contribution < 1.29 is 4.92 Å². The van der Waals surface area contributed by atoms with Gasteiger partial charge in [0, 0.05) is 28.1 Å². The fraction of sp³-hybridized carbons (Fsp3) is 0.0526. The van der Waals surface area contributed by atoms with Gasteiger partial charge < -0.3 is 0 Å². The molecule has 0 atom stereocenters. The molecule has 0 unspecified atom stereocenters. The summed E-state index contributed by atoms with van der Waals surface area (Å²) in [6.07, 6.45) is 1.51. The Kier molecular flexibility index (Phi) is 4.47. The van der Waals surface area contributed by atoms with Gasteiger partial charge in [-0.15, -0.1) is 11.3 Å². The third-order valence-electron chi connectivity index (χ3n) is 4.22. The normalized spacial score (nSPS) is 11.0. The Morgan fingerprint density at radius 1 is 1.11 bits per heavy atom. The predicted octanol–water partition coefficient (Wildman–Crippen LogP) is 4.73. The van der Waals surface area contributed by atoms with Crippen molar-refractivity contribution in [2.45, 2.75) is 6.54 Å². The molecule has 0 radical (unpaired) electrons. The van der Waals surface area contributed by atoms with Crippen LogP contribution in [0.1, 0.15) is 5.56 Å². The lowest BCUT2D eigenvalue weighted by Crippen LogP contribution is -2.20. The quantitative estimate of drug-likeness (QED) is 0.368. The highest BCUT2D eigenvalue weighted by atomic mass is 35.5. The first-order valence-electron chi connectivity index (χ1n) is 7.99. The van der Waals surface area contributed by atoms with E-state index in [0.717, 1.165) is 16.7 Å². The van der Waals surface area contributed by atoms with Crippen molar-refractivity contribution in [2.75, 3.05) is 0 Å². The third kappa shape index (κ3) is 3.34. The summed E-state index contributed by atoms with van der Waals surface area (Å²) in [6.45, 7) is 0.287. The lowest BCUT2D eigenvalue weighted by Gasteiger charge is -2.06. The molecule has 0 amide bonds. The van der Waals surface area contributed by atoms with E-state index in [1.165, 1.54) is 34.4 Å². The fourth-order valence-electron chi connectivity index (χ4n) is 2.84. The highest BCUT2D eigenvalue weighted by Crippen LogP contribution is 2.31. The molecule has 2 heterocycles. The molecule has 0 aliphatic heterocycles. The molecule has 2 aromatic heterocycles. The van der Waals surface area contributed by atoms with Gasteiger partial charge in [-0.1, -0.05) is 35.9 Å². The van der Waals surface area contributed by atoms with Crippen molar-refractivity contribution in [3.8, 4) is 11.1 Å². The van der Waals surface area contributed by atoms with Gasteiger partial charge in [0.15, 0.2) is 0 Å². The number of non-ortho nitro benzene ring substituents is 1. The number of halogens is 1. The van der Waals surface area contributed by atoms with Crippen LogP contribution in [0.3, 0.4) is 0 Å². The molecule has 0 bridgehead atoms. The molecule has 4 rings (SSSR count). The molecular weight excluding hydrogens is 386 g/mol. The topological polar surface area (TPSA) is 78.0 Å². The van der Waals surface area contributed by atoms with Crippen LogP contribution < -0.4 is 5.56 Å². The first-order valence-corrected chi connectivity index (χ1v) is 9.24. The molecular formula is C19H12ClN3O3S. The standard InChI is InChI=1S/C19H12ClN3O3S/c20-14-5-3-13(4-6-14)16-10-27-18-17(16)19(24)22(11-21-18)9-12-1-7-15(8-2-12)23(25)26/h1-8,10-11H,9H2. The molecule has 0 aliphatic carbocycles. The number of nitro groups is 1. The summed E-state index contributed by atoms with van der Waals surface area (Å²) in [7, 11) is 0. The van der Waals surface area contributed by atoms with E-state index in [1.54, 1.807) is 24.3 Å². The van der Waals surface area contributed by atoms with E-state index in [0.29, 0.717) is 15.2 Å². The first kappa shape index (κ1) is 17.4. The van der Waals surface area contributed by atoms with Crippen molar-refractivity contribution >= 4 is 38.8 Å². The highest BCUT2D eigenvalue weighted by Gasteiger charge is 2.14. The van der Waals surface area contributed by atoms with Gasteiger partial charge in [-0.2, -0.15) is 0 Å². The average Bonchev–Trinajstić information content (AvgIpc) is 3.10. The second-order valence-electron chi connectivity index (χ2n) is 5.94. The number of nitrogens with zero attached hydrogens (tertiary/aromatic N) is 3. The second kappa shape index (κ2) is 6.94. The Bertz CT molecular complexity index is 1200. The smallest absolute Gasteiger partial charge is 0.269 e. The molecule has 134 valence electrons. The molecule has 8 heteroatoms. The van der Waals surface area contributed by atoms with Crippen LogP contribution in [0.2, 0.25) is 5.02 Å². The summed E-state index contributed by atoms with van der Waals surface area (Å²) < 4.78 is 1.51. The lowest BCUT2D eigenvalue weighted by molar-refractivity contribution is -0.384. The van der Waals surface area contributed by atoms with E-state index in [1.807, 2.05) is 17.5 Å². The minimum absolute atomic E-state index is 0.0162. The van der Waals surface area contributed by atoms with Gasteiger partial charge in [0.1, 0.15) is 4.83 Å². The summed E-state index contributed by atoms with van der Waals surface area (Å²) >= 11 is 7.37. The zero-order valence-electron chi connectivity index (χ0n) is 13.8. The number of hydrogen-bond acceptors (Lipinski definition) is 5. The minimum Gasteiger partial charge on any atom is -0.294 e. The monoisotopic (exact) mass is 397 g/mol. The van der Waals surface area contributed by atoms with Crippen LogP contribution in [-0.4, -0.2) is 14.5 Å². The lowest BCUT2D eigenvalue weighted by atomic mass is 10.1. The van der Waals surface area contributed by atoms with E-state index in [2.05, 4.69) is 4.98 Å². The van der Waals surface area contributed by atoms with Crippen LogP contribution in [-0.2, 0) is 6.54 Å². The number of rotatable bonds is 4. The number of fused-ring (bicyclic) bond motifs is 1. The average molecular weight is 398 g/mol. The van der Waals surface area contributed by atoms with Gasteiger partial charge in [0.25, 0.3) is 11.2 Å². The Labute approximate surface area is 162 Å². The molecule has 0 N–H and O–H groups in total. The number of nitro benzene ring substituents is 1. The van der Waals surface area contributed by atoms with Gasteiger partial charge in [-0.25, -0.2) is 4.98 Å². The summed E-state index contributed by atoms with van der Waals surface area (Å²) in [6, 6.07) is 13.4. The van der Waals surface area contributed by atoms with Crippen LogP contribution in [0.5, 0.6) is 0 Å². The van der Waals surface area contributed by atoms with Gasteiger partial charge >= 0.3 is 0 Å². The van der Waals surface area contributed by atoms with Crippen LogP contribution in [0.15, 0.2) is 65.0 Å². The summed E-state index contributed by atoms with van der Waals surface area (Å²) in [5, 5.41) is 13.9. The largest absolute Gasteiger partial charge is 0.294 e. The molecule has 2 aromatic carbocycles. The number of benzene rings is 2. The number of aromatic nitrogens is 2. The van der Waals surface area contributed by atoms with E-state index < -0.39 is 4.92 Å². The van der Waals surface area contributed by atoms with E-state index in [-0.39, 0.29) is 17.8 Å². The SMILES string of the molecule is O=c1c2c(-c3ccc(Cl)cc3)csc2ncn1Cc1ccc([N+](=O)[O-])cc1. The molecule has 0 fully saturated rings. The maximum Gasteiger partial charge on any atom is 0.269 e. The Morgan fingerprint density at radius 2 is 1.81 bits per heavy atom. The maximum absolute atomic E-state index is 13.0. The van der Waals surface area contributed by atoms with Gasteiger partial charge in [-0.3, -0.25) is 19.5 Å². The van der Waals surface area contributed by atoms with Crippen molar-refractivity contribution in [2.24, 2.45) is 0 Å². The zero-order chi connectivity index (χ0) is 19.0. The zero-order valence-corrected chi connectivity index (χ0v) is 15.4. The fourth-order valence-corrected chi connectivity index (χ4v) is 3.87. The van der Waals surface area contributed by atoms with Crippen LogP contribution in [0, 0.1) is 10.1 Å². The van der Waals surface area contributed by atoms with Crippen molar-refractivity contribution in [1.82, 2.24) is 9.55 Å². The Morgan fingerprint density at radius 3 is 2.48 bits per heavy atom. The minimum atomic E-state index is -0.451. The van der Waals surface area contributed by atoms with E-state index in [4.69, 9.17) is 11.6 Å².